The predicted octanol–water partition coefficient (Wildman–Crippen LogP) is 4.88. The van der Waals surface area contributed by atoms with E-state index in [-0.39, 0.29) is 5.92 Å². The summed E-state index contributed by atoms with van der Waals surface area (Å²) in [5.74, 6) is 1.79. The highest BCUT2D eigenvalue weighted by atomic mass is 16.4. The van der Waals surface area contributed by atoms with Crippen molar-refractivity contribution in [2.75, 3.05) is 0 Å². The Bertz CT molecular complexity index is 534. The maximum atomic E-state index is 11.4. The molecule has 4 unspecified atom stereocenters. The van der Waals surface area contributed by atoms with Gasteiger partial charge in [-0.15, -0.1) is 0 Å². The van der Waals surface area contributed by atoms with Crippen molar-refractivity contribution in [3.63, 3.8) is 0 Å². The number of carboxylic acid groups (broad SMARTS) is 1. The van der Waals surface area contributed by atoms with Crippen molar-refractivity contribution in [1.29, 1.82) is 0 Å². The Balaban J connectivity index is 1.85. The molecule has 2 heteroatoms. The second kappa shape index (κ2) is 6.44. The molecule has 1 aromatic carbocycles. The first-order valence-corrected chi connectivity index (χ1v) is 8.88. The molecule has 0 aromatic heterocycles. The highest BCUT2D eigenvalue weighted by molar-refractivity contribution is 5.70. The van der Waals surface area contributed by atoms with Gasteiger partial charge in [-0.25, -0.2) is 0 Å². The Kier molecular flexibility index (Phi) is 4.56. The van der Waals surface area contributed by atoms with Crippen LogP contribution in [0.15, 0.2) is 24.3 Å². The third-order valence-electron chi connectivity index (χ3n) is 6.01. The van der Waals surface area contributed by atoms with Crippen molar-refractivity contribution >= 4 is 5.97 Å². The average Bonchev–Trinajstić information content (AvgIpc) is 2.53. The van der Waals surface area contributed by atoms with Crippen LogP contribution in [-0.4, -0.2) is 11.1 Å². The minimum absolute atomic E-state index is 0.108. The molecule has 1 fully saturated rings. The summed E-state index contributed by atoms with van der Waals surface area (Å²) in [5, 5.41) is 9.39. The third kappa shape index (κ3) is 2.93. The fourth-order valence-electron chi connectivity index (χ4n) is 5.04. The van der Waals surface area contributed by atoms with Crippen LogP contribution in [0.5, 0.6) is 0 Å². The lowest BCUT2D eigenvalue weighted by atomic mass is 9.62. The van der Waals surface area contributed by atoms with Gasteiger partial charge in [-0.05, 0) is 60.5 Å². The molecule has 1 saturated carbocycles. The molecule has 0 bridgehead atoms. The fraction of sp³-hybridized carbons (Fsp3) is 0.650. The molecule has 3 rings (SSSR count). The molecule has 4 atom stereocenters. The van der Waals surface area contributed by atoms with Crippen LogP contribution >= 0.6 is 0 Å². The Morgan fingerprint density at radius 2 is 1.95 bits per heavy atom. The summed E-state index contributed by atoms with van der Waals surface area (Å²) < 4.78 is 0. The third-order valence-corrected chi connectivity index (χ3v) is 6.01. The molecule has 2 nitrogen and oxygen atoms in total. The Morgan fingerprint density at radius 3 is 2.68 bits per heavy atom. The number of fused-ring (bicyclic) bond motifs is 1. The van der Waals surface area contributed by atoms with Gasteiger partial charge in [0, 0.05) is 0 Å². The number of benzene rings is 1. The molecule has 120 valence electrons. The average molecular weight is 300 g/mol. The Hall–Kier alpha value is -1.31. The van der Waals surface area contributed by atoms with E-state index in [1.165, 1.54) is 24.0 Å². The van der Waals surface area contributed by atoms with E-state index in [0.29, 0.717) is 23.7 Å². The number of aryl methyl sites for hydroxylation is 1. The summed E-state index contributed by atoms with van der Waals surface area (Å²) in [6, 6.07) is 8.90. The first-order valence-electron chi connectivity index (χ1n) is 8.88. The standard InChI is InChI=1S/C20H28O2/c1-13(2)19-17-9-4-3-6-14(17)10-11-18(19)15-7-5-8-16(12-15)20(21)22/h3-4,6,9,13,15-16,18-19H,5,7-8,10-12H2,1-2H3,(H,21,22). The summed E-state index contributed by atoms with van der Waals surface area (Å²) in [4.78, 5) is 11.4. The molecule has 22 heavy (non-hydrogen) atoms. The summed E-state index contributed by atoms with van der Waals surface area (Å²) >= 11 is 0. The molecule has 0 amide bonds. The number of hydrogen-bond donors (Lipinski definition) is 1. The Labute approximate surface area is 133 Å². The van der Waals surface area contributed by atoms with E-state index in [1.54, 1.807) is 0 Å². The quantitative estimate of drug-likeness (QED) is 0.864. The van der Waals surface area contributed by atoms with Crippen molar-refractivity contribution in [3.8, 4) is 0 Å². The number of aliphatic carboxylic acids is 1. The minimum Gasteiger partial charge on any atom is -0.481 e. The second-order valence-corrected chi connectivity index (χ2v) is 7.63. The predicted molar refractivity (Wildman–Crippen MR) is 88.9 cm³/mol. The van der Waals surface area contributed by atoms with Gasteiger partial charge in [0.25, 0.3) is 0 Å². The molecule has 0 heterocycles. The van der Waals surface area contributed by atoms with E-state index in [1.807, 2.05) is 0 Å². The first-order chi connectivity index (χ1) is 10.6. The normalized spacial score (nSPS) is 31.8. The van der Waals surface area contributed by atoms with Gasteiger partial charge in [-0.2, -0.15) is 0 Å². The highest BCUT2D eigenvalue weighted by Gasteiger charge is 2.39. The van der Waals surface area contributed by atoms with E-state index in [9.17, 15) is 9.90 Å². The monoisotopic (exact) mass is 300 g/mol. The lowest BCUT2D eigenvalue weighted by Crippen LogP contribution is -2.34. The van der Waals surface area contributed by atoms with Crippen molar-refractivity contribution < 1.29 is 9.90 Å². The topological polar surface area (TPSA) is 37.3 Å². The molecule has 0 aliphatic heterocycles. The van der Waals surface area contributed by atoms with Crippen LogP contribution in [0.25, 0.3) is 0 Å². The second-order valence-electron chi connectivity index (χ2n) is 7.63. The van der Waals surface area contributed by atoms with E-state index >= 15 is 0 Å². The van der Waals surface area contributed by atoms with Crippen LogP contribution in [0.4, 0.5) is 0 Å². The fourth-order valence-corrected chi connectivity index (χ4v) is 5.04. The summed E-state index contributed by atoms with van der Waals surface area (Å²) in [7, 11) is 0. The molecular formula is C20H28O2. The largest absolute Gasteiger partial charge is 0.481 e. The Morgan fingerprint density at radius 1 is 1.18 bits per heavy atom. The van der Waals surface area contributed by atoms with Gasteiger partial charge >= 0.3 is 5.97 Å². The van der Waals surface area contributed by atoms with Crippen LogP contribution in [0.3, 0.4) is 0 Å². The zero-order chi connectivity index (χ0) is 15.7. The SMILES string of the molecule is CC(C)C1c2ccccc2CCC1C1CCCC(C(=O)O)C1. The number of hydrogen-bond acceptors (Lipinski definition) is 1. The van der Waals surface area contributed by atoms with Gasteiger partial charge in [-0.3, -0.25) is 4.79 Å². The number of carbonyl (C=O) groups is 1. The lowest BCUT2D eigenvalue weighted by Gasteiger charge is -2.43. The summed E-state index contributed by atoms with van der Waals surface area (Å²) in [6.07, 6.45) is 6.48. The van der Waals surface area contributed by atoms with Gasteiger partial charge in [0.15, 0.2) is 0 Å². The van der Waals surface area contributed by atoms with Crippen LogP contribution in [0.2, 0.25) is 0 Å². The van der Waals surface area contributed by atoms with Crippen LogP contribution in [-0.2, 0) is 11.2 Å². The maximum Gasteiger partial charge on any atom is 0.306 e. The minimum atomic E-state index is -0.581. The van der Waals surface area contributed by atoms with Gasteiger partial charge in [0.1, 0.15) is 0 Å². The van der Waals surface area contributed by atoms with Gasteiger partial charge < -0.3 is 5.11 Å². The zero-order valence-corrected chi connectivity index (χ0v) is 13.8. The summed E-state index contributed by atoms with van der Waals surface area (Å²) in [6.45, 7) is 4.66. The molecule has 2 aliphatic rings. The molecule has 0 radical (unpaired) electrons. The van der Waals surface area contributed by atoms with E-state index < -0.39 is 5.97 Å². The first kappa shape index (κ1) is 15.6. The summed E-state index contributed by atoms with van der Waals surface area (Å²) in [5.41, 5.74) is 3.05. The van der Waals surface area contributed by atoms with Gasteiger partial charge in [0.05, 0.1) is 5.92 Å². The molecule has 1 N–H and O–H groups in total. The van der Waals surface area contributed by atoms with Crippen molar-refractivity contribution in [2.45, 2.75) is 58.3 Å². The van der Waals surface area contributed by atoms with E-state index in [2.05, 4.69) is 38.1 Å². The van der Waals surface area contributed by atoms with Crippen LogP contribution < -0.4 is 0 Å². The highest BCUT2D eigenvalue weighted by Crippen LogP contribution is 2.48. The molecule has 0 saturated heterocycles. The lowest BCUT2D eigenvalue weighted by molar-refractivity contribution is -0.143. The van der Waals surface area contributed by atoms with Crippen LogP contribution in [0, 0.1) is 23.7 Å². The van der Waals surface area contributed by atoms with Crippen molar-refractivity contribution in [3.05, 3.63) is 35.4 Å². The molecule has 0 spiro atoms. The molecule has 1 aromatic rings. The molecule has 2 aliphatic carbocycles. The van der Waals surface area contributed by atoms with E-state index in [0.717, 1.165) is 25.7 Å². The van der Waals surface area contributed by atoms with Crippen LogP contribution in [0.1, 0.15) is 63.0 Å². The van der Waals surface area contributed by atoms with Crippen molar-refractivity contribution in [2.24, 2.45) is 23.7 Å². The molecular weight excluding hydrogens is 272 g/mol. The van der Waals surface area contributed by atoms with Gasteiger partial charge in [0.2, 0.25) is 0 Å². The smallest absolute Gasteiger partial charge is 0.306 e. The van der Waals surface area contributed by atoms with E-state index in [4.69, 9.17) is 0 Å². The zero-order valence-electron chi connectivity index (χ0n) is 13.8. The van der Waals surface area contributed by atoms with Crippen molar-refractivity contribution in [1.82, 2.24) is 0 Å². The number of carboxylic acids is 1. The maximum absolute atomic E-state index is 11.4. The van der Waals surface area contributed by atoms with Gasteiger partial charge in [-0.1, -0.05) is 51.0 Å². The number of rotatable bonds is 3.